The summed E-state index contributed by atoms with van der Waals surface area (Å²) in [6.45, 7) is -0.115. The van der Waals surface area contributed by atoms with Crippen molar-refractivity contribution < 1.29 is 22.9 Å². The SMILES string of the molecule is C#CCOc1nccnc1NS(=O)(=O)c1ccc(NC(=O)/C=C/c2sccc2[N+](=O)[O-])cc1. The number of terminal acetylenes is 1. The van der Waals surface area contributed by atoms with Crippen LogP contribution in [-0.4, -0.2) is 35.8 Å². The molecular weight excluding hydrogens is 470 g/mol. The van der Waals surface area contributed by atoms with E-state index < -0.39 is 20.9 Å². The standard InChI is InChI=1S/C20H15N5O6S2/c1-2-12-31-20-19(21-10-11-22-20)24-33(29,30)15-5-3-14(4-6-15)23-18(26)8-7-17-16(25(27)28)9-13-32-17/h1,3-11,13H,12H2,(H,21,24)(H,23,26)/b8-7+. The fraction of sp³-hybridized carbons (Fsp3) is 0.0500. The second-order valence-corrected chi connectivity index (χ2v) is 8.71. The molecule has 0 fully saturated rings. The second kappa shape index (κ2) is 10.4. The van der Waals surface area contributed by atoms with Gasteiger partial charge in [0, 0.05) is 30.2 Å². The predicted octanol–water partition coefficient (Wildman–Crippen LogP) is 2.91. The van der Waals surface area contributed by atoms with Gasteiger partial charge in [0.1, 0.15) is 4.88 Å². The van der Waals surface area contributed by atoms with Gasteiger partial charge >= 0.3 is 0 Å². The number of aromatic nitrogens is 2. The Morgan fingerprint density at radius 2 is 1.97 bits per heavy atom. The van der Waals surface area contributed by atoms with Gasteiger partial charge in [-0.1, -0.05) is 5.92 Å². The van der Waals surface area contributed by atoms with E-state index in [0.717, 1.165) is 17.4 Å². The molecule has 3 aromatic rings. The number of sulfonamides is 1. The van der Waals surface area contributed by atoms with Crippen LogP contribution in [0.2, 0.25) is 0 Å². The molecule has 0 saturated carbocycles. The van der Waals surface area contributed by atoms with E-state index in [1.54, 1.807) is 5.38 Å². The minimum Gasteiger partial charge on any atom is -0.462 e. The topological polar surface area (TPSA) is 153 Å². The number of rotatable bonds is 9. The highest BCUT2D eigenvalue weighted by Gasteiger charge is 2.18. The molecule has 0 unspecified atom stereocenters. The molecule has 1 amide bonds. The molecule has 0 saturated heterocycles. The molecule has 2 aromatic heterocycles. The monoisotopic (exact) mass is 485 g/mol. The van der Waals surface area contributed by atoms with Gasteiger partial charge in [0.05, 0.1) is 9.82 Å². The molecule has 1 aromatic carbocycles. The van der Waals surface area contributed by atoms with Crippen LogP contribution >= 0.6 is 11.3 Å². The molecule has 0 aliphatic rings. The van der Waals surface area contributed by atoms with Gasteiger partial charge in [-0.2, -0.15) is 0 Å². The Bertz CT molecular complexity index is 1340. The van der Waals surface area contributed by atoms with Crippen LogP contribution in [0.3, 0.4) is 0 Å². The van der Waals surface area contributed by atoms with Crippen LogP contribution in [0.5, 0.6) is 5.88 Å². The number of carbonyl (C=O) groups excluding carboxylic acids is 1. The number of ether oxygens (including phenoxy) is 1. The summed E-state index contributed by atoms with van der Waals surface area (Å²) in [7, 11) is -4.03. The Kier molecular flexibility index (Phi) is 7.34. The van der Waals surface area contributed by atoms with Gasteiger partial charge in [-0.15, -0.1) is 17.8 Å². The summed E-state index contributed by atoms with van der Waals surface area (Å²) in [4.78, 5) is 30.5. The van der Waals surface area contributed by atoms with Crippen molar-refractivity contribution in [3.63, 3.8) is 0 Å². The van der Waals surface area contributed by atoms with Gasteiger partial charge in [0.2, 0.25) is 11.7 Å². The summed E-state index contributed by atoms with van der Waals surface area (Å²) < 4.78 is 32.8. The molecule has 33 heavy (non-hydrogen) atoms. The number of nitro groups is 1. The lowest BCUT2D eigenvalue weighted by molar-refractivity contribution is -0.384. The highest BCUT2D eigenvalue weighted by atomic mass is 32.2. The van der Waals surface area contributed by atoms with Crippen LogP contribution in [0, 0.1) is 22.5 Å². The molecule has 0 bridgehead atoms. The van der Waals surface area contributed by atoms with Crippen LogP contribution in [0.4, 0.5) is 17.2 Å². The van der Waals surface area contributed by atoms with Crippen LogP contribution in [0.1, 0.15) is 4.88 Å². The average molecular weight is 486 g/mol. The highest BCUT2D eigenvalue weighted by Crippen LogP contribution is 2.26. The summed E-state index contributed by atoms with van der Waals surface area (Å²) >= 11 is 1.13. The van der Waals surface area contributed by atoms with E-state index in [2.05, 4.69) is 25.9 Å². The minimum atomic E-state index is -4.03. The summed E-state index contributed by atoms with van der Waals surface area (Å²) in [5.74, 6) is 1.51. The van der Waals surface area contributed by atoms with Gasteiger partial charge in [0.25, 0.3) is 21.6 Å². The lowest BCUT2D eigenvalue weighted by atomic mass is 10.3. The van der Waals surface area contributed by atoms with Crippen molar-refractivity contribution in [2.75, 3.05) is 16.6 Å². The normalized spacial score (nSPS) is 11.0. The summed E-state index contributed by atoms with van der Waals surface area (Å²) in [6.07, 6.45) is 10.2. The van der Waals surface area contributed by atoms with Gasteiger partial charge in [0.15, 0.2) is 6.61 Å². The van der Waals surface area contributed by atoms with E-state index in [1.807, 2.05) is 0 Å². The van der Waals surface area contributed by atoms with E-state index in [9.17, 15) is 23.3 Å². The van der Waals surface area contributed by atoms with Crippen LogP contribution in [0.15, 0.2) is 59.1 Å². The predicted molar refractivity (Wildman–Crippen MR) is 122 cm³/mol. The number of carbonyl (C=O) groups is 1. The van der Waals surface area contributed by atoms with Crippen molar-refractivity contribution in [2.24, 2.45) is 0 Å². The Labute approximate surface area is 192 Å². The Morgan fingerprint density at radius 3 is 2.67 bits per heavy atom. The number of hydrogen-bond acceptors (Lipinski definition) is 9. The van der Waals surface area contributed by atoms with E-state index in [1.165, 1.54) is 48.8 Å². The lowest BCUT2D eigenvalue weighted by Crippen LogP contribution is -2.15. The lowest BCUT2D eigenvalue weighted by Gasteiger charge is -2.11. The number of benzene rings is 1. The van der Waals surface area contributed by atoms with Crippen molar-refractivity contribution >= 4 is 50.5 Å². The molecule has 13 heteroatoms. The summed E-state index contributed by atoms with van der Waals surface area (Å²) in [5, 5.41) is 15.0. The summed E-state index contributed by atoms with van der Waals surface area (Å²) in [5.41, 5.74) is 0.226. The van der Waals surface area contributed by atoms with E-state index in [-0.39, 0.29) is 28.9 Å². The van der Waals surface area contributed by atoms with Crippen molar-refractivity contribution in [2.45, 2.75) is 4.90 Å². The largest absolute Gasteiger partial charge is 0.462 e. The zero-order valence-electron chi connectivity index (χ0n) is 16.7. The van der Waals surface area contributed by atoms with Crippen molar-refractivity contribution in [3.8, 4) is 18.2 Å². The fourth-order valence-corrected chi connectivity index (χ4v) is 4.20. The number of nitrogens with zero attached hydrogens (tertiary/aromatic N) is 3. The summed E-state index contributed by atoms with van der Waals surface area (Å²) in [6, 6.07) is 6.69. The van der Waals surface area contributed by atoms with Crippen LogP contribution in [-0.2, 0) is 14.8 Å². The molecule has 0 atom stereocenters. The highest BCUT2D eigenvalue weighted by molar-refractivity contribution is 7.92. The zero-order chi connectivity index (χ0) is 23.8. The van der Waals surface area contributed by atoms with Crippen molar-refractivity contribution in [3.05, 3.63) is 69.2 Å². The van der Waals surface area contributed by atoms with Gasteiger partial charge in [-0.25, -0.2) is 18.4 Å². The number of thiophene rings is 1. The molecule has 11 nitrogen and oxygen atoms in total. The molecule has 2 N–H and O–H groups in total. The molecule has 0 spiro atoms. The number of anilines is 2. The molecule has 2 heterocycles. The van der Waals surface area contributed by atoms with Gasteiger partial charge in [-0.3, -0.25) is 19.6 Å². The van der Waals surface area contributed by atoms with Gasteiger partial charge in [-0.05, 0) is 35.7 Å². The Morgan fingerprint density at radius 1 is 1.24 bits per heavy atom. The first kappa shape index (κ1) is 23.4. The Balaban J connectivity index is 1.68. The quantitative estimate of drug-likeness (QED) is 0.203. The van der Waals surface area contributed by atoms with Crippen LogP contribution < -0.4 is 14.8 Å². The number of hydrogen-bond donors (Lipinski definition) is 2. The molecular formula is C20H15N5O6S2. The molecule has 0 aliphatic heterocycles. The Hall–Kier alpha value is -4.28. The molecule has 3 rings (SSSR count). The molecule has 168 valence electrons. The van der Waals surface area contributed by atoms with E-state index >= 15 is 0 Å². The fourth-order valence-electron chi connectivity index (χ4n) is 2.44. The first-order valence-corrected chi connectivity index (χ1v) is 11.4. The van der Waals surface area contributed by atoms with Crippen molar-refractivity contribution in [1.29, 1.82) is 0 Å². The minimum absolute atomic E-state index is 0.0688. The third-order valence-corrected chi connectivity index (χ3v) is 6.10. The maximum Gasteiger partial charge on any atom is 0.287 e. The number of amides is 1. The van der Waals surface area contributed by atoms with Crippen LogP contribution in [0.25, 0.3) is 6.08 Å². The first-order chi connectivity index (χ1) is 15.8. The number of nitrogens with one attached hydrogen (secondary N) is 2. The second-order valence-electron chi connectivity index (χ2n) is 6.08. The zero-order valence-corrected chi connectivity index (χ0v) is 18.3. The maximum absolute atomic E-state index is 12.7. The van der Waals surface area contributed by atoms with Gasteiger partial charge < -0.3 is 10.1 Å². The third-order valence-electron chi connectivity index (χ3n) is 3.88. The van der Waals surface area contributed by atoms with Crippen molar-refractivity contribution in [1.82, 2.24) is 9.97 Å². The third kappa shape index (κ3) is 6.12. The smallest absolute Gasteiger partial charge is 0.287 e. The maximum atomic E-state index is 12.7. The first-order valence-electron chi connectivity index (χ1n) is 9.01. The average Bonchev–Trinajstić information content (AvgIpc) is 3.26. The molecule has 0 aliphatic carbocycles. The molecule has 0 radical (unpaired) electrons. The van der Waals surface area contributed by atoms with E-state index in [4.69, 9.17) is 11.2 Å². The van der Waals surface area contributed by atoms with E-state index in [0.29, 0.717) is 10.6 Å².